The Morgan fingerprint density at radius 2 is 2.16 bits per heavy atom. The number of nitrogen functional groups attached to an aromatic ring is 1. The van der Waals surface area contributed by atoms with Crippen molar-refractivity contribution in [2.24, 2.45) is 0 Å². The zero-order valence-corrected chi connectivity index (χ0v) is 10.1. The Bertz CT molecular complexity index is 816. The van der Waals surface area contributed by atoms with Crippen molar-refractivity contribution in [3.63, 3.8) is 0 Å². The lowest BCUT2D eigenvalue weighted by molar-refractivity contribution is 0.561. The Labute approximate surface area is 108 Å². The average molecular weight is 251 g/mol. The number of nitrogens with two attached hydrogens (primary N) is 1. The second-order valence-electron chi connectivity index (χ2n) is 4.02. The minimum absolute atomic E-state index is 0.168. The first-order valence-electron chi connectivity index (χ1n) is 5.57. The largest absolute Gasteiger partial charge is 0.441 e. The van der Waals surface area contributed by atoms with Crippen molar-refractivity contribution in [3.8, 4) is 17.5 Å². The molecule has 0 radical (unpaired) electrons. The van der Waals surface area contributed by atoms with Gasteiger partial charge in [-0.05, 0) is 18.2 Å². The molecule has 0 aliphatic rings. The summed E-state index contributed by atoms with van der Waals surface area (Å²) in [4.78, 5) is 12.4. The molecule has 0 fully saturated rings. The van der Waals surface area contributed by atoms with E-state index in [0.717, 1.165) is 11.1 Å². The molecule has 3 aromatic rings. The Morgan fingerprint density at radius 1 is 1.32 bits per heavy atom. The molecule has 6 nitrogen and oxygen atoms in total. The van der Waals surface area contributed by atoms with Gasteiger partial charge in [-0.1, -0.05) is 0 Å². The van der Waals surface area contributed by atoms with E-state index in [9.17, 15) is 0 Å². The molecular formula is C13H9N5O. The van der Waals surface area contributed by atoms with Gasteiger partial charge in [-0.15, -0.1) is 0 Å². The van der Waals surface area contributed by atoms with Gasteiger partial charge in [0.15, 0.2) is 17.3 Å². The van der Waals surface area contributed by atoms with E-state index >= 15 is 0 Å². The van der Waals surface area contributed by atoms with Crippen molar-refractivity contribution in [1.29, 1.82) is 5.26 Å². The molecule has 2 heterocycles. The van der Waals surface area contributed by atoms with E-state index in [4.69, 9.17) is 15.4 Å². The molecule has 2 N–H and O–H groups in total. The van der Waals surface area contributed by atoms with Crippen LogP contribution in [0.2, 0.25) is 0 Å². The predicted molar refractivity (Wildman–Crippen MR) is 68.9 cm³/mol. The standard InChI is InChI=1S/C13H9N5O/c1-7-17-10-3-2-8(4-11(10)19-7)13-16-6-9(5-14)12(15)18-13/h2-4,6H,1H3,(H2,15,16,18). The maximum Gasteiger partial charge on any atom is 0.192 e. The minimum atomic E-state index is 0.168. The Kier molecular flexibility index (Phi) is 2.39. The maximum absolute atomic E-state index is 8.79. The monoisotopic (exact) mass is 251 g/mol. The van der Waals surface area contributed by atoms with Gasteiger partial charge in [-0.25, -0.2) is 15.0 Å². The Morgan fingerprint density at radius 3 is 2.89 bits per heavy atom. The Hall–Kier alpha value is -2.94. The number of nitrogens with zero attached hydrogens (tertiary/aromatic N) is 4. The summed E-state index contributed by atoms with van der Waals surface area (Å²) in [5.41, 5.74) is 8.15. The van der Waals surface area contributed by atoms with Gasteiger partial charge in [0.25, 0.3) is 0 Å². The fourth-order valence-electron chi connectivity index (χ4n) is 1.80. The van der Waals surface area contributed by atoms with E-state index in [1.54, 1.807) is 13.0 Å². The maximum atomic E-state index is 8.79. The number of benzene rings is 1. The van der Waals surface area contributed by atoms with E-state index < -0.39 is 0 Å². The van der Waals surface area contributed by atoms with E-state index in [-0.39, 0.29) is 11.4 Å². The molecule has 0 aliphatic carbocycles. The summed E-state index contributed by atoms with van der Waals surface area (Å²) >= 11 is 0. The fraction of sp³-hybridized carbons (Fsp3) is 0.0769. The number of nitriles is 1. The summed E-state index contributed by atoms with van der Waals surface area (Å²) in [5.74, 6) is 1.22. The van der Waals surface area contributed by atoms with Gasteiger partial charge < -0.3 is 10.2 Å². The first kappa shape index (κ1) is 11.2. The summed E-state index contributed by atoms with van der Waals surface area (Å²) in [6, 6.07) is 7.40. The lowest BCUT2D eigenvalue weighted by Gasteiger charge is -2.01. The zero-order chi connectivity index (χ0) is 13.4. The molecule has 0 saturated heterocycles. The van der Waals surface area contributed by atoms with Gasteiger partial charge in [0.2, 0.25) is 0 Å². The average Bonchev–Trinajstić information content (AvgIpc) is 2.77. The highest BCUT2D eigenvalue weighted by Gasteiger charge is 2.09. The number of anilines is 1. The van der Waals surface area contributed by atoms with Crippen LogP contribution in [-0.4, -0.2) is 15.0 Å². The van der Waals surface area contributed by atoms with Crippen LogP contribution in [0.15, 0.2) is 28.8 Å². The van der Waals surface area contributed by atoms with Crippen LogP contribution in [0, 0.1) is 18.3 Å². The normalized spacial score (nSPS) is 10.5. The van der Waals surface area contributed by atoms with Crippen LogP contribution in [0.25, 0.3) is 22.5 Å². The zero-order valence-electron chi connectivity index (χ0n) is 10.1. The molecule has 3 rings (SSSR count). The SMILES string of the molecule is Cc1nc2ccc(-c3ncc(C#N)c(N)n3)cc2o1. The molecule has 0 aliphatic heterocycles. The summed E-state index contributed by atoms with van der Waals surface area (Å²) in [6.07, 6.45) is 1.41. The first-order valence-corrected chi connectivity index (χ1v) is 5.57. The number of hydrogen-bond donors (Lipinski definition) is 1. The highest BCUT2D eigenvalue weighted by atomic mass is 16.3. The summed E-state index contributed by atoms with van der Waals surface area (Å²) in [5, 5.41) is 8.79. The van der Waals surface area contributed by atoms with Gasteiger partial charge in [0, 0.05) is 12.5 Å². The first-order chi connectivity index (χ1) is 9.17. The van der Waals surface area contributed by atoms with Gasteiger partial charge in [0.05, 0.1) is 6.20 Å². The van der Waals surface area contributed by atoms with Crippen LogP contribution in [0.5, 0.6) is 0 Å². The molecule has 6 heteroatoms. The number of fused-ring (bicyclic) bond motifs is 1. The van der Waals surface area contributed by atoms with Crippen molar-refractivity contribution >= 4 is 16.9 Å². The number of aromatic nitrogens is 3. The predicted octanol–water partition coefficient (Wildman–Crippen LogP) is 2.05. The number of oxazole rings is 1. The number of hydrogen-bond acceptors (Lipinski definition) is 6. The highest BCUT2D eigenvalue weighted by molar-refractivity contribution is 5.78. The summed E-state index contributed by atoms with van der Waals surface area (Å²) in [6.45, 7) is 1.79. The van der Waals surface area contributed by atoms with Crippen LogP contribution < -0.4 is 5.73 Å². The fourth-order valence-corrected chi connectivity index (χ4v) is 1.80. The lowest BCUT2D eigenvalue weighted by atomic mass is 10.2. The molecule has 1 aromatic carbocycles. The molecule has 0 amide bonds. The number of aryl methyl sites for hydroxylation is 1. The molecule has 19 heavy (non-hydrogen) atoms. The van der Waals surface area contributed by atoms with Crippen molar-refractivity contribution < 1.29 is 4.42 Å². The molecule has 0 unspecified atom stereocenters. The van der Waals surface area contributed by atoms with Gasteiger partial charge in [0.1, 0.15) is 23.0 Å². The van der Waals surface area contributed by atoms with Crippen LogP contribution in [0.4, 0.5) is 5.82 Å². The third-order valence-corrected chi connectivity index (χ3v) is 2.69. The Balaban J connectivity index is 2.13. The van der Waals surface area contributed by atoms with E-state index in [1.807, 2.05) is 18.2 Å². The minimum Gasteiger partial charge on any atom is -0.441 e. The molecule has 0 saturated carbocycles. The van der Waals surface area contributed by atoms with Crippen LogP contribution in [0.3, 0.4) is 0 Å². The molecule has 92 valence electrons. The van der Waals surface area contributed by atoms with Crippen LogP contribution >= 0.6 is 0 Å². The molecule has 0 atom stereocenters. The topological polar surface area (TPSA) is 102 Å². The van der Waals surface area contributed by atoms with E-state index in [0.29, 0.717) is 17.3 Å². The molecular weight excluding hydrogens is 242 g/mol. The highest BCUT2D eigenvalue weighted by Crippen LogP contribution is 2.23. The van der Waals surface area contributed by atoms with Gasteiger partial charge >= 0.3 is 0 Å². The molecule has 0 bridgehead atoms. The lowest BCUT2D eigenvalue weighted by Crippen LogP contribution is -1.98. The van der Waals surface area contributed by atoms with E-state index in [1.165, 1.54) is 6.20 Å². The van der Waals surface area contributed by atoms with Gasteiger partial charge in [-0.3, -0.25) is 0 Å². The molecule has 0 spiro atoms. The van der Waals surface area contributed by atoms with Crippen molar-refractivity contribution in [2.75, 3.05) is 5.73 Å². The second-order valence-corrected chi connectivity index (χ2v) is 4.02. The van der Waals surface area contributed by atoms with Crippen molar-refractivity contribution in [2.45, 2.75) is 6.92 Å². The smallest absolute Gasteiger partial charge is 0.192 e. The third-order valence-electron chi connectivity index (χ3n) is 2.69. The van der Waals surface area contributed by atoms with Crippen molar-refractivity contribution in [1.82, 2.24) is 15.0 Å². The van der Waals surface area contributed by atoms with Crippen molar-refractivity contribution in [3.05, 3.63) is 35.9 Å². The quantitative estimate of drug-likeness (QED) is 0.710. The third kappa shape index (κ3) is 1.87. The van der Waals surface area contributed by atoms with E-state index in [2.05, 4.69) is 15.0 Å². The molecule has 2 aromatic heterocycles. The van der Waals surface area contributed by atoms with Crippen LogP contribution in [-0.2, 0) is 0 Å². The summed E-state index contributed by atoms with van der Waals surface area (Å²) < 4.78 is 5.45. The van der Waals surface area contributed by atoms with Gasteiger partial charge in [-0.2, -0.15) is 5.26 Å². The second kappa shape index (κ2) is 4.07. The van der Waals surface area contributed by atoms with Crippen LogP contribution in [0.1, 0.15) is 11.5 Å². The summed E-state index contributed by atoms with van der Waals surface area (Å²) in [7, 11) is 0. The number of rotatable bonds is 1.